The zero-order chi connectivity index (χ0) is 16.6. The van der Waals surface area contributed by atoms with Crippen LogP contribution in [-0.2, 0) is 9.47 Å². The van der Waals surface area contributed by atoms with Crippen LogP contribution in [0.4, 0.5) is 0 Å². The lowest BCUT2D eigenvalue weighted by atomic mass is 9.45. The highest BCUT2D eigenvalue weighted by Crippen LogP contribution is 2.69. The third kappa shape index (κ3) is 1.90. The standard InChI is InChI=1S/C21H35NO2/c1-19-8-5-15(22)13-14(19)3-4-16-17(19)6-9-20(2)18(16)7-10-21(20)23-11-12-24-21/h14-18H,3-13,22H2,1-2H3/t14?,15-,16+,17-,18-,19-,20-/m0/s1. The first-order valence-electron chi connectivity index (χ1n) is 10.5. The van der Waals surface area contributed by atoms with Crippen LogP contribution in [0.5, 0.6) is 0 Å². The van der Waals surface area contributed by atoms with Gasteiger partial charge in [-0.15, -0.1) is 0 Å². The topological polar surface area (TPSA) is 44.5 Å². The second-order valence-electron chi connectivity index (χ2n) is 10.1. The summed E-state index contributed by atoms with van der Waals surface area (Å²) in [6.45, 7) is 6.72. The van der Waals surface area contributed by atoms with Crippen LogP contribution in [0.1, 0.15) is 71.6 Å². The summed E-state index contributed by atoms with van der Waals surface area (Å²) in [6.07, 6.45) is 11.8. The fourth-order valence-corrected chi connectivity index (χ4v) is 8.18. The van der Waals surface area contributed by atoms with Crippen molar-refractivity contribution in [2.45, 2.75) is 83.5 Å². The van der Waals surface area contributed by atoms with E-state index in [-0.39, 0.29) is 11.2 Å². The molecule has 24 heavy (non-hydrogen) atoms. The number of fused-ring (bicyclic) bond motifs is 6. The lowest BCUT2D eigenvalue weighted by Crippen LogP contribution is -2.57. The van der Waals surface area contributed by atoms with Crippen molar-refractivity contribution in [1.82, 2.24) is 0 Å². The Hall–Kier alpha value is -0.120. The van der Waals surface area contributed by atoms with E-state index in [1.54, 1.807) is 0 Å². The third-order valence-corrected chi connectivity index (χ3v) is 9.50. The number of hydrogen-bond donors (Lipinski definition) is 1. The van der Waals surface area contributed by atoms with Gasteiger partial charge in [0.05, 0.1) is 13.2 Å². The Morgan fingerprint density at radius 1 is 0.833 bits per heavy atom. The molecule has 0 radical (unpaired) electrons. The van der Waals surface area contributed by atoms with Crippen LogP contribution in [0.2, 0.25) is 0 Å². The van der Waals surface area contributed by atoms with Crippen molar-refractivity contribution in [3.05, 3.63) is 0 Å². The third-order valence-electron chi connectivity index (χ3n) is 9.50. The quantitative estimate of drug-likeness (QED) is 0.726. The van der Waals surface area contributed by atoms with Crippen LogP contribution in [0.25, 0.3) is 0 Å². The van der Waals surface area contributed by atoms with E-state index in [1.165, 1.54) is 51.4 Å². The minimum Gasteiger partial charge on any atom is -0.347 e. The molecule has 5 rings (SSSR count). The van der Waals surface area contributed by atoms with E-state index in [0.717, 1.165) is 43.3 Å². The first kappa shape index (κ1) is 16.1. The van der Waals surface area contributed by atoms with Crippen molar-refractivity contribution in [3.63, 3.8) is 0 Å². The molecule has 1 saturated heterocycles. The summed E-state index contributed by atoms with van der Waals surface area (Å²) in [5.41, 5.74) is 7.12. The van der Waals surface area contributed by atoms with Crippen molar-refractivity contribution in [1.29, 1.82) is 0 Å². The van der Waals surface area contributed by atoms with Crippen molar-refractivity contribution < 1.29 is 9.47 Å². The smallest absolute Gasteiger partial charge is 0.174 e. The van der Waals surface area contributed by atoms with Gasteiger partial charge in [-0.3, -0.25) is 0 Å². The van der Waals surface area contributed by atoms with E-state index >= 15 is 0 Å². The van der Waals surface area contributed by atoms with E-state index in [1.807, 2.05) is 0 Å². The number of ether oxygens (including phenoxy) is 2. The molecule has 5 fully saturated rings. The summed E-state index contributed by atoms with van der Waals surface area (Å²) < 4.78 is 12.5. The van der Waals surface area contributed by atoms with Gasteiger partial charge in [0.1, 0.15) is 0 Å². The number of hydrogen-bond acceptors (Lipinski definition) is 3. The van der Waals surface area contributed by atoms with E-state index in [2.05, 4.69) is 13.8 Å². The molecule has 0 bridgehead atoms. The molecule has 7 atom stereocenters. The summed E-state index contributed by atoms with van der Waals surface area (Å²) in [4.78, 5) is 0. The maximum atomic E-state index is 6.32. The first-order valence-corrected chi connectivity index (χ1v) is 10.5. The van der Waals surface area contributed by atoms with Gasteiger partial charge in [0.15, 0.2) is 5.79 Å². The number of nitrogens with two attached hydrogens (primary N) is 1. The molecule has 3 nitrogen and oxygen atoms in total. The molecule has 1 heterocycles. The Morgan fingerprint density at radius 3 is 2.38 bits per heavy atom. The van der Waals surface area contributed by atoms with Gasteiger partial charge in [-0.05, 0) is 80.5 Å². The summed E-state index contributed by atoms with van der Waals surface area (Å²) in [5, 5.41) is 0. The first-order chi connectivity index (χ1) is 11.5. The van der Waals surface area contributed by atoms with E-state index < -0.39 is 0 Å². The second-order valence-corrected chi connectivity index (χ2v) is 10.1. The average molecular weight is 334 g/mol. The summed E-state index contributed by atoms with van der Waals surface area (Å²) >= 11 is 0. The van der Waals surface area contributed by atoms with Crippen LogP contribution in [0.15, 0.2) is 0 Å². The Balaban J connectivity index is 1.45. The predicted molar refractivity (Wildman–Crippen MR) is 94.3 cm³/mol. The van der Waals surface area contributed by atoms with Gasteiger partial charge in [-0.25, -0.2) is 0 Å². The van der Waals surface area contributed by atoms with Gasteiger partial charge in [-0.1, -0.05) is 13.8 Å². The molecule has 3 heteroatoms. The van der Waals surface area contributed by atoms with Crippen LogP contribution in [-0.4, -0.2) is 25.0 Å². The highest BCUT2D eigenvalue weighted by atomic mass is 16.7. The molecule has 0 aromatic carbocycles. The second kappa shape index (κ2) is 5.20. The van der Waals surface area contributed by atoms with Gasteiger partial charge in [-0.2, -0.15) is 0 Å². The molecule has 136 valence electrons. The summed E-state index contributed by atoms with van der Waals surface area (Å²) in [7, 11) is 0. The average Bonchev–Trinajstić information content (AvgIpc) is 3.15. The molecule has 5 aliphatic rings. The molecule has 0 amide bonds. The van der Waals surface area contributed by atoms with Crippen LogP contribution < -0.4 is 5.73 Å². The van der Waals surface area contributed by atoms with Gasteiger partial charge < -0.3 is 15.2 Å². The predicted octanol–water partition coefficient (Wildman–Crippen LogP) is 4.10. The Kier molecular flexibility index (Phi) is 3.49. The highest BCUT2D eigenvalue weighted by Gasteiger charge is 2.67. The van der Waals surface area contributed by atoms with E-state index in [9.17, 15) is 0 Å². The molecule has 0 aromatic rings. The fraction of sp³-hybridized carbons (Fsp3) is 1.00. The van der Waals surface area contributed by atoms with Gasteiger partial charge >= 0.3 is 0 Å². The minimum absolute atomic E-state index is 0.241. The molecule has 4 saturated carbocycles. The molecule has 1 unspecified atom stereocenters. The van der Waals surface area contributed by atoms with Crippen molar-refractivity contribution in [2.24, 2.45) is 40.2 Å². The SMILES string of the molecule is C[C@]12CC[C@H](N)CC1CC[C@@H]1[C@@H]2CC[C@@]2(C)[C@H]1CCC21OCCO1. The highest BCUT2D eigenvalue weighted by molar-refractivity contribution is 5.12. The van der Waals surface area contributed by atoms with E-state index in [4.69, 9.17) is 15.2 Å². The summed E-state index contributed by atoms with van der Waals surface area (Å²) in [5.74, 6) is 3.25. The minimum atomic E-state index is -0.241. The van der Waals surface area contributed by atoms with Crippen LogP contribution >= 0.6 is 0 Å². The molecule has 1 aliphatic heterocycles. The lowest BCUT2D eigenvalue weighted by Gasteiger charge is -2.61. The zero-order valence-corrected chi connectivity index (χ0v) is 15.6. The van der Waals surface area contributed by atoms with Crippen LogP contribution in [0.3, 0.4) is 0 Å². The molecule has 2 N–H and O–H groups in total. The van der Waals surface area contributed by atoms with Crippen molar-refractivity contribution >= 4 is 0 Å². The molecule has 4 aliphatic carbocycles. The Labute approximate surface area is 147 Å². The molecular weight excluding hydrogens is 298 g/mol. The maximum Gasteiger partial charge on any atom is 0.174 e. The normalized spacial score (nSPS) is 55.9. The van der Waals surface area contributed by atoms with Gasteiger partial charge in [0, 0.05) is 17.9 Å². The lowest BCUT2D eigenvalue weighted by molar-refractivity contribution is -0.247. The largest absolute Gasteiger partial charge is 0.347 e. The molecule has 1 spiro atoms. The molecule has 0 aromatic heterocycles. The number of rotatable bonds is 0. The maximum absolute atomic E-state index is 6.32. The van der Waals surface area contributed by atoms with Gasteiger partial charge in [0.2, 0.25) is 0 Å². The fourth-order valence-electron chi connectivity index (χ4n) is 8.18. The van der Waals surface area contributed by atoms with Crippen molar-refractivity contribution in [3.8, 4) is 0 Å². The van der Waals surface area contributed by atoms with E-state index in [0.29, 0.717) is 11.5 Å². The zero-order valence-electron chi connectivity index (χ0n) is 15.6. The van der Waals surface area contributed by atoms with Gasteiger partial charge in [0.25, 0.3) is 0 Å². The Morgan fingerprint density at radius 2 is 1.58 bits per heavy atom. The monoisotopic (exact) mass is 333 g/mol. The Bertz CT molecular complexity index is 516. The van der Waals surface area contributed by atoms with Crippen molar-refractivity contribution in [2.75, 3.05) is 13.2 Å². The van der Waals surface area contributed by atoms with Crippen LogP contribution in [0, 0.1) is 34.5 Å². The summed E-state index contributed by atoms with van der Waals surface area (Å²) in [6, 6.07) is 0.462. The molecular formula is C21H35NO2.